The Bertz CT molecular complexity index is 1590. The average molecular weight is 643 g/mol. The number of aromatic nitrogens is 1. The van der Waals surface area contributed by atoms with Crippen LogP contribution in [0.25, 0.3) is 0 Å². The van der Waals surface area contributed by atoms with E-state index in [0.717, 1.165) is 43.9 Å². The van der Waals surface area contributed by atoms with E-state index in [1.165, 1.54) is 16.8 Å². The van der Waals surface area contributed by atoms with Crippen LogP contribution >= 0.6 is 0 Å². The maximum atomic E-state index is 14.3. The van der Waals surface area contributed by atoms with E-state index in [1.54, 1.807) is 4.90 Å². The number of oxime groups is 1. The number of rotatable bonds is 11. The lowest BCUT2D eigenvalue weighted by Gasteiger charge is -2.42. The van der Waals surface area contributed by atoms with Gasteiger partial charge in [0.2, 0.25) is 11.2 Å². The van der Waals surface area contributed by atoms with Crippen LogP contribution in [0.15, 0.2) is 34.3 Å². The number of hydrogen-bond donors (Lipinski definition) is 1. The third-order valence-corrected chi connectivity index (χ3v) is 9.03. The van der Waals surface area contributed by atoms with Gasteiger partial charge in [-0.1, -0.05) is 50.2 Å². The molecule has 4 heterocycles. The van der Waals surface area contributed by atoms with Gasteiger partial charge in [-0.15, -0.1) is 0 Å². The van der Waals surface area contributed by atoms with Crippen LogP contribution in [-0.2, 0) is 16.1 Å². The Labute approximate surface area is 265 Å². The first-order valence-corrected chi connectivity index (χ1v) is 15.9. The molecule has 2 aromatic rings. The van der Waals surface area contributed by atoms with Crippen molar-refractivity contribution in [2.24, 2.45) is 5.16 Å². The molecule has 248 valence electrons. The highest BCUT2D eigenvalue weighted by Crippen LogP contribution is 2.46. The quantitative estimate of drug-likeness (QED) is 0.248. The van der Waals surface area contributed by atoms with E-state index in [2.05, 4.69) is 17.4 Å². The molecule has 2 amide bonds. The summed E-state index contributed by atoms with van der Waals surface area (Å²) < 4.78 is 39.9. The predicted octanol–water partition coefficient (Wildman–Crippen LogP) is 5.65. The van der Waals surface area contributed by atoms with Crippen LogP contribution in [-0.4, -0.2) is 57.9 Å². The zero-order chi connectivity index (χ0) is 33.0. The monoisotopic (exact) mass is 642 g/mol. The first kappa shape index (κ1) is 33.1. The molecular formula is C33H40F2N4O7. The normalized spacial score (nSPS) is 21.7. The predicted molar refractivity (Wildman–Crippen MR) is 164 cm³/mol. The van der Waals surface area contributed by atoms with Gasteiger partial charge in [-0.3, -0.25) is 14.4 Å². The molecule has 3 atom stereocenters. The minimum Gasteiger partial charge on any atom is -0.434 e. The minimum absolute atomic E-state index is 0.00272. The number of ether oxygens (including phenoxy) is 2. The first-order valence-electron chi connectivity index (χ1n) is 15.9. The second-order valence-corrected chi connectivity index (χ2v) is 12.4. The Morgan fingerprint density at radius 2 is 1.91 bits per heavy atom. The molecular weight excluding hydrogens is 602 g/mol. The van der Waals surface area contributed by atoms with E-state index in [1.807, 2.05) is 13.8 Å². The van der Waals surface area contributed by atoms with Crippen molar-refractivity contribution < 1.29 is 37.5 Å². The van der Waals surface area contributed by atoms with Crippen LogP contribution in [0.5, 0.6) is 5.75 Å². The second-order valence-electron chi connectivity index (χ2n) is 12.4. The first-order chi connectivity index (χ1) is 22.0. The number of nitrogens with zero attached hydrogens (tertiary/aromatic N) is 3. The van der Waals surface area contributed by atoms with Crippen molar-refractivity contribution in [3.05, 3.63) is 63.1 Å². The van der Waals surface area contributed by atoms with Crippen LogP contribution in [0, 0.1) is 11.6 Å². The van der Waals surface area contributed by atoms with Gasteiger partial charge in [0.05, 0.1) is 18.4 Å². The molecule has 0 radical (unpaired) electrons. The molecule has 1 saturated heterocycles. The maximum Gasteiger partial charge on any atom is 0.514 e. The molecule has 3 aliphatic rings. The Morgan fingerprint density at radius 3 is 2.63 bits per heavy atom. The number of carbonyl (C=O) groups is 3. The lowest BCUT2D eigenvalue weighted by atomic mass is 9.84. The van der Waals surface area contributed by atoms with Crippen molar-refractivity contribution in [2.75, 3.05) is 13.2 Å². The number of pyridine rings is 1. The molecule has 5 rings (SSSR count). The summed E-state index contributed by atoms with van der Waals surface area (Å²) >= 11 is 0. The highest BCUT2D eigenvalue weighted by molar-refractivity contribution is 6.00. The number of fused-ring (bicyclic) bond motifs is 5. The van der Waals surface area contributed by atoms with Crippen molar-refractivity contribution in [1.82, 2.24) is 14.8 Å². The van der Waals surface area contributed by atoms with Crippen molar-refractivity contribution >= 4 is 23.7 Å². The maximum absolute atomic E-state index is 14.3. The summed E-state index contributed by atoms with van der Waals surface area (Å²) in [6.07, 6.45) is 7.45. The Hall–Kier alpha value is -4.29. The zero-order valence-electron chi connectivity index (χ0n) is 26.4. The van der Waals surface area contributed by atoms with E-state index < -0.39 is 58.0 Å². The zero-order valence-corrected chi connectivity index (χ0v) is 26.4. The fourth-order valence-corrected chi connectivity index (χ4v) is 6.45. The highest BCUT2D eigenvalue weighted by Gasteiger charge is 2.54. The third kappa shape index (κ3) is 6.78. The molecule has 0 unspecified atom stereocenters. The number of unbranched alkanes of at least 4 members (excludes halogenated alkanes) is 5. The number of halogens is 2. The van der Waals surface area contributed by atoms with Gasteiger partial charge >= 0.3 is 6.16 Å². The Balaban J connectivity index is 1.49. The largest absolute Gasteiger partial charge is 0.514 e. The van der Waals surface area contributed by atoms with Gasteiger partial charge in [-0.25, -0.2) is 13.6 Å². The molecule has 0 aliphatic carbocycles. The molecule has 1 fully saturated rings. The Kier molecular flexibility index (Phi) is 10.1. The van der Waals surface area contributed by atoms with E-state index >= 15 is 0 Å². The third-order valence-electron chi connectivity index (χ3n) is 9.03. The van der Waals surface area contributed by atoms with Gasteiger partial charge < -0.3 is 29.1 Å². The van der Waals surface area contributed by atoms with E-state index in [4.69, 9.17) is 14.3 Å². The fourth-order valence-electron chi connectivity index (χ4n) is 6.45. The van der Waals surface area contributed by atoms with Gasteiger partial charge in [0, 0.05) is 43.4 Å². The van der Waals surface area contributed by atoms with Gasteiger partial charge in [0.1, 0.15) is 17.2 Å². The summed E-state index contributed by atoms with van der Waals surface area (Å²) in [5.74, 6) is -3.71. The van der Waals surface area contributed by atoms with Crippen molar-refractivity contribution in [3.8, 4) is 5.75 Å². The summed E-state index contributed by atoms with van der Waals surface area (Å²) in [4.78, 5) is 61.8. The van der Waals surface area contributed by atoms with Gasteiger partial charge in [-0.05, 0) is 39.2 Å². The molecule has 1 N–H and O–H groups in total. The van der Waals surface area contributed by atoms with E-state index in [0.29, 0.717) is 31.7 Å². The minimum atomic E-state index is -1.17. The summed E-state index contributed by atoms with van der Waals surface area (Å²) in [5.41, 5.74) is -1.76. The van der Waals surface area contributed by atoms with Gasteiger partial charge in [-0.2, -0.15) is 0 Å². The number of amides is 2. The molecule has 1 aromatic carbocycles. The number of nitrogens with one attached hydrogen (secondary N) is 1. The van der Waals surface area contributed by atoms with Crippen LogP contribution < -0.4 is 15.5 Å². The number of hydrogen-bond acceptors (Lipinski definition) is 8. The molecule has 3 aliphatic heterocycles. The highest BCUT2D eigenvalue weighted by atomic mass is 19.1. The summed E-state index contributed by atoms with van der Waals surface area (Å²) in [5, 5.41) is 6.68. The molecule has 1 aromatic heterocycles. The molecule has 13 heteroatoms. The molecule has 11 nitrogen and oxygen atoms in total. The molecule has 46 heavy (non-hydrogen) atoms. The standard InChI is InChI=1S/C33H40F2N4O7/c1-4-5-6-7-8-9-14-44-32(43)45-29-27-31(42)38-19-26(33(13-12-21(38)3)16-20(2)37-46-33)39(27)18-24(28(29)40)30(41)36-17-22-10-11-23(34)15-25(22)35/h10-11,15,18,21,26H,4-9,12-14,16-17,19H2,1-3H3,(H,36,41)/t21-,26+,33-/m0/s1. The van der Waals surface area contributed by atoms with Crippen LogP contribution in [0.3, 0.4) is 0 Å². The summed E-state index contributed by atoms with van der Waals surface area (Å²) in [6, 6.07) is 2.12. The average Bonchev–Trinajstić information content (AvgIpc) is 3.35. The number of benzene rings is 1. The van der Waals surface area contributed by atoms with E-state index in [-0.39, 0.29) is 37.0 Å². The van der Waals surface area contributed by atoms with Crippen molar-refractivity contribution in [3.63, 3.8) is 0 Å². The lowest BCUT2D eigenvalue weighted by molar-refractivity contribution is -0.0655. The van der Waals surface area contributed by atoms with Crippen molar-refractivity contribution in [1.29, 1.82) is 0 Å². The summed E-state index contributed by atoms with van der Waals surface area (Å²) in [7, 11) is 0. The topological polar surface area (TPSA) is 129 Å². The summed E-state index contributed by atoms with van der Waals surface area (Å²) in [6.45, 7) is 5.78. The SMILES string of the molecule is CCCCCCCCOC(=O)Oc1c2n(cc(C(=O)NCc3ccc(F)cc3F)c1=O)[C@@H]1CN(C2=O)[C@@H](C)CC[C@]12CC(C)=NO2. The van der Waals surface area contributed by atoms with Crippen LogP contribution in [0.1, 0.15) is 111 Å². The van der Waals surface area contributed by atoms with Gasteiger partial charge in [0.25, 0.3) is 11.8 Å². The molecule has 2 bridgehead atoms. The number of carbonyl (C=O) groups excluding carboxylic acids is 3. The van der Waals surface area contributed by atoms with Gasteiger partial charge in [0.15, 0.2) is 11.3 Å². The smallest absolute Gasteiger partial charge is 0.434 e. The van der Waals surface area contributed by atoms with Crippen LogP contribution in [0.2, 0.25) is 0 Å². The fraction of sp³-hybridized carbons (Fsp3) is 0.545. The second kappa shape index (κ2) is 14.0. The molecule has 1 spiro atoms. The molecule has 0 saturated carbocycles. The lowest BCUT2D eigenvalue weighted by Crippen LogP contribution is -2.52. The van der Waals surface area contributed by atoms with Crippen molar-refractivity contribution in [2.45, 2.75) is 103 Å². The van der Waals surface area contributed by atoms with Crippen LogP contribution in [0.4, 0.5) is 13.6 Å². The van der Waals surface area contributed by atoms with E-state index in [9.17, 15) is 28.0 Å². The Morgan fingerprint density at radius 1 is 1.15 bits per heavy atom.